The van der Waals surface area contributed by atoms with Crippen molar-refractivity contribution in [2.24, 2.45) is 0 Å². The SMILES string of the molecule is c1cn2c(n1)CN(CC1CNCCO1)CC2. The van der Waals surface area contributed by atoms with Crippen LogP contribution in [-0.2, 0) is 17.8 Å². The number of ether oxygens (including phenoxy) is 1. The molecule has 1 N–H and O–H groups in total. The van der Waals surface area contributed by atoms with Crippen LogP contribution in [0.2, 0.25) is 0 Å². The maximum absolute atomic E-state index is 5.72. The molecule has 0 bridgehead atoms. The summed E-state index contributed by atoms with van der Waals surface area (Å²) >= 11 is 0. The molecule has 5 heteroatoms. The van der Waals surface area contributed by atoms with Gasteiger partial charge in [0.05, 0.1) is 19.3 Å². The summed E-state index contributed by atoms with van der Waals surface area (Å²) in [5.74, 6) is 1.18. The molecule has 0 radical (unpaired) electrons. The number of nitrogens with one attached hydrogen (secondary N) is 1. The summed E-state index contributed by atoms with van der Waals surface area (Å²) in [6.45, 7) is 6.92. The molecule has 88 valence electrons. The highest BCUT2D eigenvalue weighted by atomic mass is 16.5. The van der Waals surface area contributed by atoms with Crippen LogP contribution in [0, 0.1) is 0 Å². The van der Waals surface area contributed by atoms with Gasteiger partial charge in [-0.25, -0.2) is 4.98 Å². The monoisotopic (exact) mass is 222 g/mol. The Morgan fingerprint density at radius 2 is 2.50 bits per heavy atom. The fraction of sp³-hybridized carbons (Fsp3) is 0.727. The summed E-state index contributed by atoms with van der Waals surface area (Å²) in [4.78, 5) is 6.80. The van der Waals surface area contributed by atoms with Crippen molar-refractivity contribution >= 4 is 0 Å². The minimum atomic E-state index is 0.343. The van der Waals surface area contributed by atoms with Crippen LogP contribution in [0.1, 0.15) is 5.82 Å². The lowest BCUT2D eigenvalue weighted by Gasteiger charge is -2.32. The lowest BCUT2D eigenvalue weighted by atomic mass is 10.2. The molecule has 0 aromatic carbocycles. The van der Waals surface area contributed by atoms with Gasteiger partial charge in [0, 0.05) is 45.1 Å². The molecule has 1 atom stereocenters. The average Bonchev–Trinajstić information content (AvgIpc) is 2.77. The Morgan fingerprint density at radius 3 is 3.38 bits per heavy atom. The van der Waals surface area contributed by atoms with Crippen LogP contribution in [0.15, 0.2) is 12.4 Å². The molecule has 1 fully saturated rings. The van der Waals surface area contributed by atoms with E-state index in [4.69, 9.17) is 4.74 Å². The third kappa shape index (κ3) is 2.11. The first-order valence-corrected chi connectivity index (χ1v) is 5.96. The predicted octanol–water partition coefficient (Wildman–Crippen LogP) is -0.313. The molecule has 1 aromatic heterocycles. The number of aromatic nitrogens is 2. The van der Waals surface area contributed by atoms with Gasteiger partial charge in [-0.1, -0.05) is 0 Å². The van der Waals surface area contributed by atoms with Gasteiger partial charge in [0.25, 0.3) is 0 Å². The summed E-state index contributed by atoms with van der Waals surface area (Å²) in [6.07, 6.45) is 4.29. The van der Waals surface area contributed by atoms with Gasteiger partial charge in [0.2, 0.25) is 0 Å². The first-order chi connectivity index (χ1) is 7.92. The Balaban J connectivity index is 1.57. The van der Waals surface area contributed by atoms with Crippen molar-refractivity contribution in [3.05, 3.63) is 18.2 Å². The molecular formula is C11H18N4O. The standard InChI is InChI=1S/C11H18N4O/c1-3-15-5-4-14(9-11(15)13-1)8-10-7-12-2-6-16-10/h1,3,10,12H,2,4-9H2. The van der Waals surface area contributed by atoms with Crippen molar-refractivity contribution < 1.29 is 4.74 Å². The quantitative estimate of drug-likeness (QED) is 0.745. The molecule has 0 spiro atoms. The van der Waals surface area contributed by atoms with E-state index < -0.39 is 0 Å². The maximum Gasteiger partial charge on any atom is 0.122 e. The number of rotatable bonds is 2. The van der Waals surface area contributed by atoms with Gasteiger partial charge >= 0.3 is 0 Å². The number of hydrogen-bond acceptors (Lipinski definition) is 4. The van der Waals surface area contributed by atoms with E-state index in [9.17, 15) is 0 Å². The Morgan fingerprint density at radius 1 is 1.50 bits per heavy atom. The average molecular weight is 222 g/mol. The third-order valence-corrected chi connectivity index (χ3v) is 3.29. The second-order valence-electron chi connectivity index (χ2n) is 4.47. The van der Waals surface area contributed by atoms with Crippen LogP contribution in [0.5, 0.6) is 0 Å². The Kier molecular flexibility index (Phi) is 2.90. The van der Waals surface area contributed by atoms with E-state index in [1.807, 2.05) is 6.20 Å². The van der Waals surface area contributed by atoms with E-state index in [0.717, 1.165) is 45.9 Å². The minimum Gasteiger partial charge on any atom is -0.374 e. The lowest BCUT2D eigenvalue weighted by Crippen LogP contribution is -2.47. The van der Waals surface area contributed by atoms with Gasteiger partial charge in [-0.3, -0.25) is 4.90 Å². The minimum absolute atomic E-state index is 0.343. The Labute approximate surface area is 95.4 Å². The first-order valence-electron chi connectivity index (χ1n) is 5.96. The fourth-order valence-electron chi connectivity index (χ4n) is 2.40. The van der Waals surface area contributed by atoms with Gasteiger partial charge in [-0.15, -0.1) is 0 Å². The lowest BCUT2D eigenvalue weighted by molar-refractivity contribution is 0.000361. The van der Waals surface area contributed by atoms with Crippen LogP contribution >= 0.6 is 0 Å². The Bertz CT molecular complexity index is 346. The summed E-state index contributed by atoms with van der Waals surface area (Å²) < 4.78 is 7.95. The van der Waals surface area contributed by atoms with Crippen molar-refractivity contribution in [3.63, 3.8) is 0 Å². The second kappa shape index (κ2) is 4.53. The van der Waals surface area contributed by atoms with Crippen molar-refractivity contribution in [3.8, 4) is 0 Å². The molecule has 0 amide bonds. The van der Waals surface area contributed by atoms with Gasteiger partial charge < -0.3 is 14.6 Å². The normalized spacial score (nSPS) is 26.6. The van der Waals surface area contributed by atoms with Crippen LogP contribution in [0.3, 0.4) is 0 Å². The topological polar surface area (TPSA) is 42.3 Å². The summed E-state index contributed by atoms with van der Waals surface area (Å²) in [6, 6.07) is 0. The zero-order valence-electron chi connectivity index (χ0n) is 9.43. The number of fused-ring (bicyclic) bond motifs is 1. The molecule has 1 saturated heterocycles. The molecule has 2 aliphatic heterocycles. The highest BCUT2D eigenvalue weighted by Crippen LogP contribution is 2.11. The predicted molar refractivity (Wildman–Crippen MR) is 60.1 cm³/mol. The number of hydrogen-bond donors (Lipinski definition) is 1. The van der Waals surface area contributed by atoms with E-state index >= 15 is 0 Å². The smallest absolute Gasteiger partial charge is 0.122 e. The second-order valence-corrected chi connectivity index (χ2v) is 4.47. The summed E-state index contributed by atoms with van der Waals surface area (Å²) in [7, 11) is 0. The van der Waals surface area contributed by atoms with Crippen LogP contribution in [0.4, 0.5) is 0 Å². The zero-order chi connectivity index (χ0) is 10.8. The van der Waals surface area contributed by atoms with Gasteiger partial charge in [-0.2, -0.15) is 0 Å². The molecule has 0 aliphatic carbocycles. The molecule has 5 nitrogen and oxygen atoms in total. The zero-order valence-corrected chi connectivity index (χ0v) is 9.43. The highest BCUT2D eigenvalue weighted by Gasteiger charge is 2.21. The molecular weight excluding hydrogens is 204 g/mol. The fourth-order valence-corrected chi connectivity index (χ4v) is 2.40. The van der Waals surface area contributed by atoms with Crippen molar-refractivity contribution in [1.29, 1.82) is 0 Å². The number of nitrogens with zero attached hydrogens (tertiary/aromatic N) is 3. The molecule has 3 rings (SSSR count). The van der Waals surface area contributed by atoms with Gasteiger partial charge in [0.1, 0.15) is 5.82 Å². The van der Waals surface area contributed by atoms with Crippen LogP contribution in [0.25, 0.3) is 0 Å². The van der Waals surface area contributed by atoms with E-state index in [1.54, 1.807) is 0 Å². The van der Waals surface area contributed by atoms with E-state index in [-0.39, 0.29) is 0 Å². The largest absolute Gasteiger partial charge is 0.374 e. The van der Waals surface area contributed by atoms with E-state index in [0.29, 0.717) is 6.10 Å². The molecule has 16 heavy (non-hydrogen) atoms. The van der Waals surface area contributed by atoms with Crippen LogP contribution < -0.4 is 5.32 Å². The van der Waals surface area contributed by atoms with Gasteiger partial charge in [0.15, 0.2) is 0 Å². The number of morpholine rings is 1. The van der Waals surface area contributed by atoms with Gasteiger partial charge in [-0.05, 0) is 0 Å². The van der Waals surface area contributed by atoms with Crippen molar-refractivity contribution in [2.75, 3.05) is 32.8 Å². The molecule has 2 aliphatic rings. The molecule has 0 saturated carbocycles. The highest BCUT2D eigenvalue weighted by molar-refractivity contribution is 4.95. The summed E-state index contributed by atoms with van der Waals surface area (Å²) in [5.41, 5.74) is 0. The maximum atomic E-state index is 5.72. The summed E-state index contributed by atoms with van der Waals surface area (Å²) in [5, 5.41) is 3.37. The van der Waals surface area contributed by atoms with E-state index in [2.05, 4.69) is 26.0 Å². The number of imidazole rings is 1. The van der Waals surface area contributed by atoms with Crippen LogP contribution in [-0.4, -0.2) is 53.3 Å². The molecule has 1 unspecified atom stereocenters. The molecule has 1 aromatic rings. The third-order valence-electron chi connectivity index (χ3n) is 3.29. The van der Waals surface area contributed by atoms with Crippen molar-refractivity contribution in [1.82, 2.24) is 19.8 Å². The van der Waals surface area contributed by atoms with E-state index in [1.165, 1.54) is 5.82 Å². The first kappa shape index (κ1) is 10.3. The Hall–Kier alpha value is -0.910. The molecule has 3 heterocycles. The van der Waals surface area contributed by atoms with Crippen molar-refractivity contribution in [2.45, 2.75) is 19.2 Å².